The molecule has 0 radical (unpaired) electrons. The first-order valence-corrected chi connectivity index (χ1v) is 17.4. The Bertz CT molecular complexity index is 1140. The van der Waals surface area contributed by atoms with Crippen LogP contribution in [0.15, 0.2) is 94.8 Å². The molecule has 0 fully saturated rings. The fraction of sp³-hybridized carbons (Fsp3) is 0.500. The number of aliphatic hydroxyl groups is 1. The van der Waals surface area contributed by atoms with E-state index in [4.69, 9.17) is 18.5 Å². The Labute approximate surface area is 280 Å². The van der Waals surface area contributed by atoms with Gasteiger partial charge < -0.3 is 19.1 Å². The van der Waals surface area contributed by atoms with Gasteiger partial charge in [-0.05, 0) is 109 Å². The van der Waals surface area contributed by atoms with Crippen molar-refractivity contribution >= 4 is 14.5 Å². The van der Waals surface area contributed by atoms with Gasteiger partial charge in [-0.15, -0.1) is 0 Å². The molecule has 260 valence electrons. The summed E-state index contributed by atoms with van der Waals surface area (Å²) >= 11 is 0. The molecule has 2 unspecified atom stereocenters. The van der Waals surface area contributed by atoms with Gasteiger partial charge in [0.05, 0.1) is 0 Å². The number of allylic oxidation sites excluding steroid dienone is 10. The van der Waals surface area contributed by atoms with Crippen molar-refractivity contribution in [1.82, 2.24) is 0 Å². The molecular weight excluding hydrogens is 602 g/mol. The lowest BCUT2D eigenvalue weighted by Crippen LogP contribution is -2.16. The van der Waals surface area contributed by atoms with Crippen molar-refractivity contribution < 1.29 is 32.8 Å². The summed E-state index contributed by atoms with van der Waals surface area (Å²) < 4.78 is 33.6. The van der Waals surface area contributed by atoms with Gasteiger partial charge in [-0.25, -0.2) is 9.18 Å². The Morgan fingerprint density at radius 3 is 2.20 bits per heavy atom. The standard InChI is InChI=1S/C21H37O5P.C15H17FO.C2H6/c1-8-11-18(5)15-20(14-17(3)4)12-10-13-27(23-7)25-16-24-21(22)26-19(6)9-2;1-11(2)4-9-15(17)12(3)10-13-5-7-14(16)8-6-13;1-2/h11,14-15,19H,8-10,12-13,16H2,1-7H3;4-9,17H,1,10H2,2-3H3;1-2H3/b18-11+,20-15-;9-4-,15-12-;. The predicted octanol–water partition coefficient (Wildman–Crippen LogP) is 12.3. The third kappa shape index (κ3) is 25.2. The van der Waals surface area contributed by atoms with Crippen LogP contribution < -0.4 is 0 Å². The van der Waals surface area contributed by atoms with Gasteiger partial charge in [0.15, 0.2) is 8.38 Å². The van der Waals surface area contributed by atoms with Crippen molar-refractivity contribution in [2.75, 3.05) is 20.1 Å². The molecule has 0 amide bonds. The summed E-state index contributed by atoms with van der Waals surface area (Å²) in [7, 11) is 0.529. The molecule has 1 aromatic rings. The molecule has 0 aliphatic carbocycles. The topological polar surface area (TPSA) is 74.2 Å². The van der Waals surface area contributed by atoms with Crippen molar-refractivity contribution in [1.29, 1.82) is 0 Å². The Hall–Kier alpha value is -2.99. The number of ether oxygens (including phenoxy) is 2. The minimum Gasteiger partial charge on any atom is -0.508 e. The number of rotatable bonds is 17. The third-order valence-electron chi connectivity index (χ3n) is 6.01. The zero-order valence-electron chi connectivity index (χ0n) is 30.2. The first kappa shape index (κ1) is 45.1. The average molecular weight is 663 g/mol. The SMILES string of the molecule is C=C(C)/C=C\C(O)=C(/C)Cc1ccc(F)cc1.CC.CC/C=C(C)/C=C(\C=C(C)C)CCCP(OC)OCOC(=O)OC(C)CC. The Morgan fingerprint density at radius 1 is 1.04 bits per heavy atom. The fourth-order valence-electron chi connectivity index (χ4n) is 3.63. The molecule has 8 heteroatoms. The lowest BCUT2D eigenvalue weighted by atomic mass is 10.0. The van der Waals surface area contributed by atoms with Crippen molar-refractivity contribution in [2.24, 2.45) is 0 Å². The van der Waals surface area contributed by atoms with Gasteiger partial charge in [0.25, 0.3) is 0 Å². The van der Waals surface area contributed by atoms with Gasteiger partial charge in [-0.1, -0.05) is 87.4 Å². The molecule has 46 heavy (non-hydrogen) atoms. The van der Waals surface area contributed by atoms with E-state index in [-0.39, 0.29) is 24.5 Å². The second kappa shape index (κ2) is 28.3. The second-order valence-corrected chi connectivity index (χ2v) is 12.5. The van der Waals surface area contributed by atoms with Crippen molar-refractivity contribution in [3.05, 3.63) is 106 Å². The second-order valence-electron chi connectivity index (χ2n) is 10.8. The van der Waals surface area contributed by atoms with Crippen LogP contribution in [0.3, 0.4) is 0 Å². The lowest BCUT2D eigenvalue weighted by molar-refractivity contribution is -0.0121. The van der Waals surface area contributed by atoms with Crippen LogP contribution in [0.2, 0.25) is 0 Å². The Kier molecular flexibility index (Phi) is 27.7. The van der Waals surface area contributed by atoms with Gasteiger partial charge in [-0.2, -0.15) is 0 Å². The van der Waals surface area contributed by atoms with Crippen LogP contribution in [-0.4, -0.2) is 37.4 Å². The van der Waals surface area contributed by atoms with E-state index >= 15 is 0 Å². The van der Waals surface area contributed by atoms with Crippen LogP contribution in [0.1, 0.15) is 100 Å². The van der Waals surface area contributed by atoms with Gasteiger partial charge in [0, 0.05) is 13.3 Å². The number of benzene rings is 1. The van der Waals surface area contributed by atoms with Crippen molar-refractivity contribution in [2.45, 2.75) is 107 Å². The maximum Gasteiger partial charge on any atom is 0.510 e. The minimum atomic E-state index is -1.09. The number of carbonyl (C=O) groups is 1. The monoisotopic (exact) mass is 662 g/mol. The fourth-order valence-corrected chi connectivity index (χ4v) is 4.63. The van der Waals surface area contributed by atoms with Crippen molar-refractivity contribution in [3.8, 4) is 0 Å². The van der Waals surface area contributed by atoms with Crippen LogP contribution in [0.4, 0.5) is 9.18 Å². The van der Waals surface area contributed by atoms with E-state index in [1.165, 1.54) is 28.9 Å². The van der Waals surface area contributed by atoms with Gasteiger partial charge in [-0.3, -0.25) is 4.52 Å². The molecule has 1 rings (SSSR count). The molecule has 0 aliphatic rings. The number of hydrogen-bond acceptors (Lipinski definition) is 6. The average Bonchev–Trinajstić information content (AvgIpc) is 3.01. The van der Waals surface area contributed by atoms with Crippen LogP contribution >= 0.6 is 8.38 Å². The van der Waals surface area contributed by atoms with Gasteiger partial charge in [0.1, 0.15) is 17.7 Å². The molecule has 0 heterocycles. The molecule has 1 N–H and O–H groups in total. The molecule has 0 saturated carbocycles. The highest BCUT2D eigenvalue weighted by Gasteiger charge is 2.13. The maximum absolute atomic E-state index is 12.7. The highest BCUT2D eigenvalue weighted by molar-refractivity contribution is 7.47. The molecule has 6 nitrogen and oxygen atoms in total. The number of aliphatic hydroxyl groups excluding tert-OH is 1. The Balaban J connectivity index is 0. The van der Waals surface area contributed by atoms with Crippen molar-refractivity contribution in [3.63, 3.8) is 0 Å². The summed E-state index contributed by atoms with van der Waals surface area (Å²) in [6.07, 6.45) is 14.2. The van der Waals surface area contributed by atoms with Crippen LogP contribution in [0.25, 0.3) is 0 Å². The normalized spacial score (nSPS) is 13.3. The molecule has 1 aromatic carbocycles. The highest BCUT2D eigenvalue weighted by Crippen LogP contribution is 2.38. The van der Waals surface area contributed by atoms with E-state index in [9.17, 15) is 14.3 Å². The molecule has 0 aromatic heterocycles. The van der Waals surface area contributed by atoms with E-state index in [2.05, 4.69) is 52.5 Å². The van der Waals surface area contributed by atoms with Gasteiger partial charge in [0.2, 0.25) is 6.79 Å². The lowest BCUT2D eigenvalue weighted by Gasteiger charge is -2.16. The zero-order chi connectivity index (χ0) is 35.5. The van der Waals surface area contributed by atoms with E-state index in [0.29, 0.717) is 6.42 Å². The summed E-state index contributed by atoms with van der Waals surface area (Å²) in [6, 6.07) is 6.27. The van der Waals surface area contributed by atoms with E-state index in [1.54, 1.807) is 31.4 Å². The van der Waals surface area contributed by atoms with E-state index < -0.39 is 14.5 Å². The molecule has 0 bridgehead atoms. The molecule has 0 saturated heterocycles. The quantitative estimate of drug-likeness (QED) is 0.0588. The predicted molar refractivity (Wildman–Crippen MR) is 194 cm³/mol. The molecule has 0 aliphatic heterocycles. The first-order valence-electron chi connectivity index (χ1n) is 16.1. The summed E-state index contributed by atoms with van der Waals surface area (Å²) in [5.74, 6) is -0.0147. The Morgan fingerprint density at radius 2 is 1.67 bits per heavy atom. The van der Waals surface area contributed by atoms with Crippen LogP contribution in [0, 0.1) is 5.82 Å². The third-order valence-corrected chi connectivity index (χ3v) is 7.50. The summed E-state index contributed by atoms with van der Waals surface area (Å²) in [6.45, 7) is 23.5. The zero-order valence-corrected chi connectivity index (χ0v) is 31.1. The maximum atomic E-state index is 12.7. The van der Waals surface area contributed by atoms with Crippen LogP contribution in [-0.2, 0) is 24.9 Å². The smallest absolute Gasteiger partial charge is 0.508 e. The number of hydrogen-bond donors (Lipinski definition) is 1. The van der Waals surface area contributed by atoms with Crippen LogP contribution in [0.5, 0.6) is 0 Å². The summed E-state index contributed by atoms with van der Waals surface area (Å²) in [5.41, 5.74) is 6.56. The van der Waals surface area contributed by atoms with E-state index in [1.807, 2.05) is 41.5 Å². The highest BCUT2D eigenvalue weighted by atomic mass is 31.2. The molecule has 2 atom stereocenters. The minimum absolute atomic E-state index is 0.149. The molecule has 0 spiro atoms. The number of halogens is 1. The summed E-state index contributed by atoms with van der Waals surface area (Å²) in [5, 5.41) is 9.76. The number of carbonyl (C=O) groups excluding carboxylic acids is 1. The summed E-state index contributed by atoms with van der Waals surface area (Å²) in [4.78, 5) is 11.5. The van der Waals surface area contributed by atoms with E-state index in [0.717, 1.165) is 48.6 Å². The largest absolute Gasteiger partial charge is 0.510 e. The molecular formula is C38H60FO6P. The first-order chi connectivity index (χ1) is 21.8. The van der Waals surface area contributed by atoms with Gasteiger partial charge >= 0.3 is 6.16 Å².